The fraction of sp³-hybridized carbons (Fsp3) is 0.176. The van der Waals surface area contributed by atoms with E-state index in [2.05, 4.69) is 5.32 Å². The van der Waals surface area contributed by atoms with Crippen LogP contribution in [0.2, 0.25) is 0 Å². The predicted molar refractivity (Wildman–Crippen MR) is 90.0 cm³/mol. The van der Waals surface area contributed by atoms with Gasteiger partial charge in [0.2, 0.25) is 0 Å². The number of rotatable bonds is 3. The molecule has 1 aliphatic rings. The van der Waals surface area contributed by atoms with E-state index in [1.807, 2.05) is 0 Å². The molecule has 0 spiro atoms. The van der Waals surface area contributed by atoms with Gasteiger partial charge in [0, 0.05) is 17.0 Å². The molecule has 1 aromatic heterocycles. The Bertz CT molecular complexity index is 1020. The number of carbonyl (C=O) groups excluding carboxylic acids is 1. The maximum atomic E-state index is 12.6. The standard InChI is InChI=1S/C17H13F3N2O4S/c18-17(19,20)13-4-1-11(2-5-13)12-3-6-15(22(24)9-12)16(23)21-14-7-8-27(25,26)10-14/h1-9,14H,10H2,(H,21,23). The molecular weight excluding hydrogens is 385 g/mol. The molecule has 0 radical (unpaired) electrons. The molecule has 3 rings (SSSR count). The van der Waals surface area contributed by atoms with E-state index in [1.54, 1.807) is 0 Å². The zero-order chi connectivity index (χ0) is 19.8. The van der Waals surface area contributed by atoms with Gasteiger partial charge in [-0.3, -0.25) is 4.79 Å². The van der Waals surface area contributed by atoms with Crippen LogP contribution in [0.25, 0.3) is 11.1 Å². The van der Waals surface area contributed by atoms with E-state index in [0.717, 1.165) is 23.7 Å². The lowest BCUT2D eigenvalue weighted by molar-refractivity contribution is -0.607. The molecule has 2 heterocycles. The molecule has 0 fully saturated rings. The van der Waals surface area contributed by atoms with Gasteiger partial charge in [-0.05, 0) is 29.8 Å². The molecule has 6 nitrogen and oxygen atoms in total. The van der Waals surface area contributed by atoms with Gasteiger partial charge in [-0.1, -0.05) is 12.1 Å². The molecule has 10 heteroatoms. The van der Waals surface area contributed by atoms with Crippen molar-refractivity contribution in [1.29, 1.82) is 0 Å². The number of halogens is 3. The molecule has 2 aromatic rings. The maximum absolute atomic E-state index is 12.6. The summed E-state index contributed by atoms with van der Waals surface area (Å²) >= 11 is 0. The van der Waals surface area contributed by atoms with Gasteiger partial charge in [-0.25, -0.2) is 8.42 Å². The molecule has 0 aliphatic carbocycles. The second kappa shape index (κ2) is 6.69. The molecule has 1 aliphatic heterocycles. The van der Waals surface area contributed by atoms with E-state index in [4.69, 9.17) is 0 Å². The van der Waals surface area contributed by atoms with Crippen LogP contribution in [-0.4, -0.2) is 26.1 Å². The van der Waals surface area contributed by atoms with E-state index in [-0.39, 0.29) is 16.2 Å². The highest BCUT2D eigenvalue weighted by Crippen LogP contribution is 2.30. The van der Waals surface area contributed by atoms with Crippen LogP contribution < -0.4 is 10.0 Å². The van der Waals surface area contributed by atoms with Crippen LogP contribution in [0.4, 0.5) is 13.2 Å². The van der Waals surface area contributed by atoms with Crippen LogP contribution in [-0.2, 0) is 16.0 Å². The summed E-state index contributed by atoms with van der Waals surface area (Å²) in [4.78, 5) is 12.1. The summed E-state index contributed by atoms with van der Waals surface area (Å²) < 4.78 is 60.8. The minimum atomic E-state index is -4.46. The minimum absolute atomic E-state index is 0.261. The number of hydrogen-bond acceptors (Lipinski definition) is 4. The number of nitrogens with zero attached hydrogens (tertiary/aromatic N) is 1. The Labute approximate surface area is 152 Å². The third-order valence-corrected chi connectivity index (χ3v) is 5.33. The first-order chi connectivity index (χ1) is 12.5. The van der Waals surface area contributed by atoms with Gasteiger partial charge in [-0.2, -0.15) is 17.9 Å². The Morgan fingerprint density at radius 2 is 1.74 bits per heavy atom. The number of hydrogen-bond donors (Lipinski definition) is 1. The third kappa shape index (κ3) is 4.27. The highest BCUT2D eigenvalue weighted by atomic mass is 32.2. The predicted octanol–water partition coefficient (Wildman–Crippen LogP) is 2.05. The van der Waals surface area contributed by atoms with Gasteiger partial charge in [0.05, 0.1) is 17.4 Å². The van der Waals surface area contributed by atoms with Crippen molar-refractivity contribution in [2.75, 3.05) is 5.75 Å². The normalized spacial score (nSPS) is 18.4. The lowest BCUT2D eigenvalue weighted by atomic mass is 10.0. The topological polar surface area (TPSA) is 90.2 Å². The lowest BCUT2D eigenvalue weighted by Crippen LogP contribution is -2.43. The Morgan fingerprint density at radius 3 is 2.26 bits per heavy atom. The summed E-state index contributed by atoms with van der Waals surface area (Å²) in [6, 6.07) is 6.18. The second-order valence-corrected chi connectivity index (χ2v) is 7.87. The summed E-state index contributed by atoms with van der Waals surface area (Å²) in [5.41, 5.74) is -0.358. The van der Waals surface area contributed by atoms with Crippen LogP contribution in [0, 0.1) is 5.21 Å². The van der Waals surface area contributed by atoms with Crippen molar-refractivity contribution >= 4 is 15.7 Å². The van der Waals surface area contributed by atoms with Crippen LogP contribution in [0.5, 0.6) is 0 Å². The number of sulfone groups is 1. The molecule has 0 saturated carbocycles. The second-order valence-electron chi connectivity index (χ2n) is 5.94. The number of carbonyl (C=O) groups is 1. The van der Waals surface area contributed by atoms with Crippen LogP contribution in [0.1, 0.15) is 16.1 Å². The molecule has 1 atom stereocenters. The number of amides is 1. The summed E-state index contributed by atoms with van der Waals surface area (Å²) in [6.45, 7) is 0. The summed E-state index contributed by atoms with van der Waals surface area (Å²) in [5, 5.41) is 15.5. The van der Waals surface area contributed by atoms with Gasteiger partial charge in [0.1, 0.15) is 0 Å². The Morgan fingerprint density at radius 1 is 1.11 bits per heavy atom. The van der Waals surface area contributed by atoms with Crippen molar-refractivity contribution in [1.82, 2.24) is 5.32 Å². The monoisotopic (exact) mass is 398 g/mol. The number of nitrogens with one attached hydrogen (secondary N) is 1. The summed E-state index contributed by atoms with van der Waals surface area (Å²) in [5.74, 6) is -1.03. The zero-order valence-electron chi connectivity index (χ0n) is 13.6. The lowest BCUT2D eigenvalue weighted by Gasteiger charge is -2.11. The number of alkyl halides is 3. The summed E-state index contributed by atoms with van der Waals surface area (Å²) in [6.07, 6.45) is -2.07. The fourth-order valence-electron chi connectivity index (χ4n) is 2.59. The minimum Gasteiger partial charge on any atom is -0.618 e. The maximum Gasteiger partial charge on any atom is 0.416 e. The molecule has 142 valence electrons. The van der Waals surface area contributed by atoms with Gasteiger partial charge in [0.15, 0.2) is 16.0 Å². The smallest absolute Gasteiger partial charge is 0.416 e. The van der Waals surface area contributed by atoms with E-state index < -0.39 is 33.5 Å². The van der Waals surface area contributed by atoms with Crippen molar-refractivity contribution in [3.05, 3.63) is 70.5 Å². The van der Waals surface area contributed by atoms with Crippen molar-refractivity contribution < 1.29 is 31.1 Å². The first kappa shape index (κ1) is 18.9. The number of aromatic nitrogens is 1. The van der Waals surface area contributed by atoms with E-state index in [0.29, 0.717) is 11.1 Å². The zero-order valence-corrected chi connectivity index (χ0v) is 14.4. The van der Waals surface area contributed by atoms with Gasteiger partial charge < -0.3 is 10.5 Å². The average Bonchev–Trinajstić information content (AvgIpc) is 2.92. The number of benzene rings is 1. The molecule has 1 amide bonds. The number of pyridine rings is 1. The van der Waals surface area contributed by atoms with E-state index in [1.165, 1.54) is 30.3 Å². The first-order valence-corrected chi connectivity index (χ1v) is 9.39. The Kier molecular flexibility index (Phi) is 4.68. The highest BCUT2D eigenvalue weighted by molar-refractivity contribution is 7.94. The van der Waals surface area contributed by atoms with Gasteiger partial charge >= 0.3 is 12.1 Å². The molecule has 27 heavy (non-hydrogen) atoms. The SMILES string of the molecule is O=C(NC1C=CS(=O)(=O)C1)c1ccc(-c2ccc(C(F)(F)F)cc2)c[n+]1[O-]. The van der Waals surface area contributed by atoms with Crippen molar-refractivity contribution in [2.24, 2.45) is 0 Å². The van der Waals surface area contributed by atoms with Gasteiger partial charge in [0.25, 0.3) is 5.69 Å². The Hall–Kier alpha value is -2.88. The van der Waals surface area contributed by atoms with Crippen LogP contribution in [0.15, 0.2) is 54.1 Å². The molecule has 1 unspecified atom stereocenters. The molecule has 1 aromatic carbocycles. The highest BCUT2D eigenvalue weighted by Gasteiger charge is 2.30. The largest absolute Gasteiger partial charge is 0.618 e. The van der Waals surface area contributed by atoms with Crippen LogP contribution in [0.3, 0.4) is 0 Å². The fourth-order valence-corrected chi connectivity index (χ4v) is 3.82. The van der Waals surface area contributed by atoms with Crippen molar-refractivity contribution in [3.8, 4) is 11.1 Å². The Balaban J connectivity index is 1.77. The molecular formula is C17H13F3N2O4S. The van der Waals surface area contributed by atoms with Crippen molar-refractivity contribution in [3.63, 3.8) is 0 Å². The summed E-state index contributed by atoms with van der Waals surface area (Å²) in [7, 11) is -3.35. The van der Waals surface area contributed by atoms with E-state index in [9.17, 15) is 31.6 Å². The van der Waals surface area contributed by atoms with E-state index >= 15 is 0 Å². The van der Waals surface area contributed by atoms with Crippen molar-refractivity contribution in [2.45, 2.75) is 12.2 Å². The first-order valence-electron chi connectivity index (χ1n) is 7.68. The average molecular weight is 398 g/mol. The molecule has 0 bridgehead atoms. The van der Waals surface area contributed by atoms with Crippen LogP contribution >= 0.6 is 0 Å². The molecule has 0 saturated heterocycles. The third-order valence-electron chi connectivity index (χ3n) is 3.94. The van der Waals surface area contributed by atoms with Gasteiger partial charge in [-0.15, -0.1) is 0 Å². The quantitative estimate of drug-likeness (QED) is 0.633. The molecule has 1 N–H and O–H groups in total.